The van der Waals surface area contributed by atoms with Crippen LogP contribution in [-0.2, 0) is 6.42 Å². The molecule has 2 aliphatic heterocycles. The number of aryl methyl sites for hydroxylation is 2. The predicted octanol–water partition coefficient (Wildman–Crippen LogP) is 2.43. The Balaban J connectivity index is 1.53. The maximum Gasteiger partial charge on any atom is 0.152 e. The quantitative estimate of drug-likeness (QED) is 0.754. The van der Waals surface area contributed by atoms with E-state index in [1.165, 1.54) is 5.70 Å². The number of amidine groups is 1. The molecule has 23 heavy (non-hydrogen) atoms. The lowest BCUT2D eigenvalue weighted by Gasteiger charge is -2.36. The summed E-state index contributed by atoms with van der Waals surface area (Å²) in [5.41, 5.74) is 2.23. The Hall–Kier alpha value is -1.98. The first kappa shape index (κ1) is 15.9. The van der Waals surface area contributed by atoms with Crippen LogP contribution in [0.3, 0.4) is 0 Å². The van der Waals surface area contributed by atoms with E-state index in [0.717, 1.165) is 56.4 Å². The summed E-state index contributed by atoms with van der Waals surface area (Å²) in [6.07, 6.45) is 5.51. The Morgan fingerprint density at radius 1 is 1.30 bits per heavy atom. The van der Waals surface area contributed by atoms with Gasteiger partial charge in [-0.25, -0.2) is 4.99 Å². The standard InChI is InChI=1S/C17H27N5O/c1-13(2)22-11-18-17-16(22)10-21(12-20(17)4)8-6-5-7-15-9-14(3)19-23-15/h9-10,13H,5-8,11-12H2,1-4H3. The van der Waals surface area contributed by atoms with Crippen molar-refractivity contribution in [3.05, 3.63) is 29.4 Å². The van der Waals surface area contributed by atoms with E-state index < -0.39 is 0 Å². The van der Waals surface area contributed by atoms with Crippen LogP contribution in [0.2, 0.25) is 0 Å². The fraction of sp³-hybridized carbons (Fsp3) is 0.647. The highest BCUT2D eigenvalue weighted by Crippen LogP contribution is 2.24. The number of aliphatic imine (C=N–C) groups is 1. The molecule has 1 aromatic heterocycles. The van der Waals surface area contributed by atoms with Crippen LogP contribution in [0.5, 0.6) is 0 Å². The molecule has 2 aliphatic rings. The Bertz CT molecular complexity index is 604. The minimum absolute atomic E-state index is 0.477. The van der Waals surface area contributed by atoms with Crippen molar-refractivity contribution >= 4 is 5.84 Å². The van der Waals surface area contributed by atoms with E-state index in [4.69, 9.17) is 4.52 Å². The van der Waals surface area contributed by atoms with Crippen LogP contribution in [0.4, 0.5) is 0 Å². The van der Waals surface area contributed by atoms with Gasteiger partial charge in [-0.15, -0.1) is 0 Å². The molecule has 3 heterocycles. The highest BCUT2D eigenvalue weighted by molar-refractivity contribution is 5.99. The maximum atomic E-state index is 5.26. The van der Waals surface area contributed by atoms with Crippen molar-refractivity contribution in [2.45, 2.75) is 46.1 Å². The number of unbranched alkanes of at least 4 members (excludes halogenated alkanes) is 1. The molecule has 0 unspecified atom stereocenters. The molecule has 0 saturated carbocycles. The van der Waals surface area contributed by atoms with E-state index in [1.807, 2.05) is 13.0 Å². The highest BCUT2D eigenvalue weighted by Gasteiger charge is 2.30. The topological polar surface area (TPSA) is 48.1 Å². The summed E-state index contributed by atoms with van der Waals surface area (Å²) in [6, 6.07) is 2.50. The van der Waals surface area contributed by atoms with E-state index >= 15 is 0 Å². The molecular weight excluding hydrogens is 290 g/mol. The summed E-state index contributed by atoms with van der Waals surface area (Å²) in [7, 11) is 2.12. The average molecular weight is 317 g/mol. The highest BCUT2D eigenvalue weighted by atomic mass is 16.5. The van der Waals surface area contributed by atoms with Gasteiger partial charge in [0.05, 0.1) is 18.1 Å². The molecule has 0 bridgehead atoms. The van der Waals surface area contributed by atoms with E-state index in [-0.39, 0.29) is 0 Å². The number of rotatable bonds is 6. The predicted molar refractivity (Wildman–Crippen MR) is 90.9 cm³/mol. The molecule has 0 N–H and O–H groups in total. The van der Waals surface area contributed by atoms with Crippen molar-refractivity contribution in [2.24, 2.45) is 4.99 Å². The molecule has 0 atom stereocenters. The second-order valence-electron chi connectivity index (χ2n) is 6.74. The van der Waals surface area contributed by atoms with Crippen molar-refractivity contribution in [1.82, 2.24) is 19.9 Å². The molecule has 6 heteroatoms. The molecule has 0 spiro atoms. The zero-order valence-electron chi connectivity index (χ0n) is 14.6. The number of nitrogens with zero attached hydrogens (tertiary/aromatic N) is 5. The fourth-order valence-electron chi connectivity index (χ4n) is 3.16. The van der Waals surface area contributed by atoms with Crippen molar-refractivity contribution in [1.29, 1.82) is 0 Å². The van der Waals surface area contributed by atoms with Crippen LogP contribution in [0.1, 0.15) is 38.1 Å². The van der Waals surface area contributed by atoms with E-state index in [0.29, 0.717) is 6.04 Å². The normalized spacial score (nSPS) is 17.7. The van der Waals surface area contributed by atoms with Gasteiger partial charge in [0.2, 0.25) is 0 Å². The first-order chi connectivity index (χ1) is 11.0. The van der Waals surface area contributed by atoms with Crippen LogP contribution >= 0.6 is 0 Å². The van der Waals surface area contributed by atoms with Gasteiger partial charge in [-0.05, 0) is 33.6 Å². The lowest BCUT2D eigenvalue weighted by molar-refractivity contribution is 0.238. The molecule has 0 fully saturated rings. The summed E-state index contributed by atoms with van der Waals surface area (Å²) >= 11 is 0. The Labute approximate surface area is 138 Å². The molecule has 6 nitrogen and oxygen atoms in total. The molecule has 0 aliphatic carbocycles. The first-order valence-corrected chi connectivity index (χ1v) is 8.45. The van der Waals surface area contributed by atoms with Gasteiger partial charge in [0.1, 0.15) is 12.4 Å². The lowest BCUT2D eigenvalue weighted by Crippen LogP contribution is -2.44. The van der Waals surface area contributed by atoms with Gasteiger partial charge in [0.15, 0.2) is 5.84 Å². The lowest BCUT2D eigenvalue weighted by atomic mass is 10.2. The monoisotopic (exact) mass is 317 g/mol. The second kappa shape index (κ2) is 6.64. The zero-order valence-corrected chi connectivity index (χ0v) is 14.6. The van der Waals surface area contributed by atoms with Gasteiger partial charge in [-0.1, -0.05) is 5.16 Å². The van der Waals surface area contributed by atoms with Crippen LogP contribution in [0.15, 0.2) is 27.5 Å². The summed E-state index contributed by atoms with van der Waals surface area (Å²) < 4.78 is 5.26. The SMILES string of the molecule is Cc1cc(CCCCN2C=C3C(=NCN3C(C)C)N(C)C2)on1. The first-order valence-electron chi connectivity index (χ1n) is 8.45. The fourth-order valence-corrected chi connectivity index (χ4v) is 3.16. The third-order valence-electron chi connectivity index (χ3n) is 4.39. The van der Waals surface area contributed by atoms with Crippen molar-refractivity contribution < 1.29 is 4.52 Å². The molecule has 0 radical (unpaired) electrons. The molecular formula is C17H27N5O. The van der Waals surface area contributed by atoms with Crippen molar-refractivity contribution in [2.75, 3.05) is 26.9 Å². The number of hydrogen-bond acceptors (Lipinski definition) is 6. The maximum absolute atomic E-state index is 5.26. The van der Waals surface area contributed by atoms with Crippen LogP contribution in [-0.4, -0.2) is 58.7 Å². The van der Waals surface area contributed by atoms with Gasteiger partial charge >= 0.3 is 0 Å². The van der Waals surface area contributed by atoms with Crippen LogP contribution in [0, 0.1) is 6.92 Å². The van der Waals surface area contributed by atoms with Crippen LogP contribution in [0.25, 0.3) is 0 Å². The minimum atomic E-state index is 0.477. The molecule has 0 aromatic carbocycles. The van der Waals surface area contributed by atoms with E-state index in [9.17, 15) is 0 Å². The molecule has 126 valence electrons. The largest absolute Gasteiger partial charge is 0.361 e. The molecule has 3 rings (SSSR count). The summed E-state index contributed by atoms with van der Waals surface area (Å²) in [6.45, 7) is 9.15. The van der Waals surface area contributed by atoms with Crippen LogP contribution < -0.4 is 0 Å². The second-order valence-corrected chi connectivity index (χ2v) is 6.74. The smallest absolute Gasteiger partial charge is 0.152 e. The third-order valence-corrected chi connectivity index (χ3v) is 4.39. The van der Waals surface area contributed by atoms with Gasteiger partial charge < -0.3 is 19.2 Å². The number of hydrogen-bond donors (Lipinski definition) is 0. The molecule has 0 amide bonds. The van der Waals surface area contributed by atoms with E-state index in [1.54, 1.807) is 0 Å². The Kier molecular flexibility index (Phi) is 4.59. The van der Waals surface area contributed by atoms with Crippen molar-refractivity contribution in [3.8, 4) is 0 Å². The van der Waals surface area contributed by atoms with Gasteiger partial charge in [0.25, 0.3) is 0 Å². The number of aromatic nitrogens is 1. The minimum Gasteiger partial charge on any atom is -0.361 e. The Morgan fingerprint density at radius 2 is 2.13 bits per heavy atom. The third kappa shape index (κ3) is 3.51. The summed E-state index contributed by atoms with van der Waals surface area (Å²) in [4.78, 5) is 11.7. The van der Waals surface area contributed by atoms with Gasteiger partial charge in [0, 0.05) is 38.3 Å². The van der Waals surface area contributed by atoms with Gasteiger partial charge in [-0.3, -0.25) is 0 Å². The van der Waals surface area contributed by atoms with E-state index in [2.05, 4.69) is 51.9 Å². The Morgan fingerprint density at radius 3 is 2.83 bits per heavy atom. The number of fused-ring (bicyclic) bond motifs is 1. The summed E-state index contributed by atoms with van der Waals surface area (Å²) in [5.74, 6) is 2.12. The van der Waals surface area contributed by atoms with Gasteiger partial charge in [-0.2, -0.15) is 0 Å². The average Bonchev–Trinajstić information content (AvgIpc) is 3.10. The zero-order chi connectivity index (χ0) is 16.4. The molecule has 0 saturated heterocycles. The summed E-state index contributed by atoms with van der Waals surface area (Å²) in [5, 5.41) is 3.94. The number of likely N-dealkylation sites (N-methyl/N-ethyl adjacent to an activating group) is 1. The van der Waals surface area contributed by atoms with Crippen molar-refractivity contribution in [3.63, 3.8) is 0 Å². The molecule has 1 aromatic rings.